The summed E-state index contributed by atoms with van der Waals surface area (Å²) < 4.78 is 16.0. The highest BCUT2D eigenvalue weighted by atomic mass is 32.1. The molecule has 2 heterocycles. The van der Waals surface area contributed by atoms with Crippen molar-refractivity contribution in [3.8, 4) is 16.3 Å². The number of esters is 1. The van der Waals surface area contributed by atoms with Gasteiger partial charge in [0.05, 0.1) is 25.0 Å². The van der Waals surface area contributed by atoms with Gasteiger partial charge in [-0.15, -0.1) is 11.3 Å². The normalized spacial score (nSPS) is 19.4. The van der Waals surface area contributed by atoms with Crippen molar-refractivity contribution in [2.24, 2.45) is 0 Å². The van der Waals surface area contributed by atoms with Gasteiger partial charge < -0.3 is 19.1 Å². The number of amides is 1. The number of carbonyl (C=O) groups excluding carboxylic acids is 2. The van der Waals surface area contributed by atoms with Crippen molar-refractivity contribution in [3.05, 3.63) is 34.8 Å². The van der Waals surface area contributed by atoms with Crippen molar-refractivity contribution in [2.45, 2.75) is 33.0 Å². The van der Waals surface area contributed by atoms with Crippen LogP contribution in [0.15, 0.2) is 24.3 Å². The Balaban J connectivity index is 1.63. The average Bonchev–Trinajstić information content (AvgIpc) is 3.07. The lowest BCUT2D eigenvalue weighted by molar-refractivity contribution is -0.146. The molecule has 28 heavy (non-hydrogen) atoms. The molecule has 1 aliphatic heterocycles. The van der Waals surface area contributed by atoms with Crippen LogP contribution in [-0.2, 0) is 14.3 Å². The molecule has 1 fully saturated rings. The van der Waals surface area contributed by atoms with Crippen LogP contribution in [0.4, 0.5) is 0 Å². The Labute approximate surface area is 168 Å². The van der Waals surface area contributed by atoms with E-state index in [1.807, 2.05) is 38.1 Å². The zero-order valence-electron chi connectivity index (χ0n) is 16.4. The number of ether oxygens (including phenoxy) is 3. The van der Waals surface area contributed by atoms with Gasteiger partial charge in [-0.3, -0.25) is 4.79 Å². The quantitative estimate of drug-likeness (QED) is 0.713. The van der Waals surface area contributed by atoms with Crippen LogP contribution in [-0.4, -0.2) is 60.8 Å². The molecule has 8 heteroatoms. The Morgan fingerprint density at radius 1 is 1.21 bits per heavy atom. The maximum Gasteiger partial charge on any atom is 0.350 e. The average molecular weight is 404 g/mol. The summed E-state index contributed by atoms with van der Waals surface area (Å²) in [6.07, 6.45) is -0.0570. The number of carbonyl (C=O) groups is 2. The summed E-state index contributed by atoms with van der Waals surface area (Å²) in [4.78, 5) is 31.4. The van der Waals surface area contributed by atoms with E-state index in [0.29, 0.717) is 28.7 Å². The van der Waals surface area contributed by atoms with Gasteiger partial charge in [0.2, 0.25) is 0 Å². The highest BCUT2D eigenvalue weighted by Gasteiger charge is 2.27. The lowest BCUT2D eigenvalue weighted by Crippen LogP contribution is -2.49. The maximum atomic E-state index is 12.5. The standard InChI is InChI=1S/C20H24N2O5S/c1-12-9-22(10-13(2)27-12)17(23)11-26-20(24)18-14(3)21-19(28-18)15-5-7-16(25-4)8-6-15/h5-8,12-13H,9-11H2,1-4H3/t12-,13-/m1/s1. The molecule has 1 aliphatic rings. The first kappa shape index (κ1) is 20.3. The summed E-state index contributed by atoms with van der Waals surface area (Å²) in [5, 5.41) is 0.717. The van der Waals surface area contributed by atoms with Gasteiger partial charge in [-0.2, -0.15) is 0 Å². The Morgan fingerprint density at radius 2 is 1.86 bits per heavy atom. The van der Waals surface area contributed by atoms with Gasteiger partial charge in [0.15, 0.2) is 6.61 Å². The molecule has 1 aromatic heterocycles. The second-order valence-electron chi connectivity index (χ2n) is 6.79. The van der Waals surface area contributed by atoms with Crippen LogP contribution in [0.3, 0.4) is 0 Å². The summed E-state index contributed by atoms with van der Waals surface area (Å²) in [7, 11) is 1.61. The van der Waals surface area contributed by atoms with Crippen molar-refractivity contribution < 1.29 is 23.8 Å². The Bertz CT molecular complexity index is 839. The smallest absolute Gasteiger partial charge is 0.350 e. The van der Waals surface area contributed by atoms with Gasteiger partial charge in [-0.1, -0.05) is 0 Å². The second-order valence-corrected chi connectivity index (χ2v) is 7.79. The molecule has 1 amide bonds. The number of aromatic nitrogens is 1. The van der Waals surface area contributed by atoms with Crippen LogP contribution < -0.4 is 4.74 Å². The number of methoxy groups -OCH3 is 1. The SMILES string of the molecule is COc1ccc(-c2nc(C)c(C(=O)OCC(=O)N3C[C@@H](C)O[C@H](C)C3)s2)cc1. The van der Waals surface area contributed by atoms with Crippen molar-refractivity contribution in [3.63, 3.8) is 0 Å². The predicted molar refractivity (Wildman–Crippen MR) is 106 cm³/mol. The van der Waals surface area contributed by atoms with E-state index < -0.39 is 5.97 Å². The first-order valence-electron chi connectivity index (χ1n) is 9.09. The number of hydrogen-bond donors (Lipinski definition) is 0. The molecule has 7 nitrogen and oxygen atoms in total. The number of aryl methyl sites for hydroxylation is 1. The number of benzene rings is 1. The van der Waals surface area contributed by atoms with Crippen molar-refractivity contribution in [1.82, 2.24) is 9.88 Å². The Kier molecular flexibility index (Phi) is 6.31. The topological polar surface area (TPSA) is 78.0 Å². The van der Waals surface area contributed by atoms with E-state index in [4.69, 9.17) is 14.2 Å². The highest BCUT2D eigenvalue weighted by Crippen LogP contribution is 2.29. The molecule has 1 aromatic carbocycles. The largest absolute Gasteiger partial charge is 0.497 e. The molecule has 2 aromatic rings. The molecule has 1 saturated heterocycles. The minimum Gasteiger partial charge on any atom is -0.497 e. The van der Waals surface area contributed by atoms with Crippen LogP contribution in [0.5, 0.6) is 5.75 Å². The van der Waals surface area contributed by atoms with Gasteiger partial charge in [-0.05, 0) is 45.0 Å². The van der Waals surface area contributed by atoms with Crippen molar-refractivity contribution >= 4 is 23.2 Å². The fraction of sp³-hybridized carbons (Fsp3) is 0.450. The zero-order valence-corrected chi connectivity index (χ0v) is 17.2. The number of morpholine rings is 1. The second kappa shape index (κ2) is 8.70. The molecule has 0 saturated carbocycles. The minimum absolute atomic E-state index is 0.0285. The molecule has 0 bridgehead atoms. The maximum absolute atomic E-state index is 12.5. The first-order valence-corrected chi connectivity index (χ1v) is 9.91. The summed E-state index contributed by atoms with van der Waals surface area (Å²) in [6, 6.07) is 7.45. The number of rotatable bonds is 5. The molecule has 150 valence electrons. The summed E-state index contributed by atoms with van der Waals surface area (Å²) in [5.74, 6) is 0.00675. The molecule has 2 atom stereocenters. The van der Waals surface area contributed by atoms with Crippen LogP contribution >= 0.6 is 11.3 Å². The monoisotopic (exact) mass is 404 g/mol. The molecule has 0 spiro atoms. The molecule has 3 rings (SSSR count). The number of hydrogen-bond acceptors (Lipinski definition) is 7. The first-order chi connectivity index (χ1) is 13.4. The van der Waals surface area contributed by atoms with Gasteiger partial charge in [0.1, 0.15) is 15.6 Å². The molecular weight excluding hydrogens is 380 g/mol. The van der Waals surface area contributed by atoms with E-state index >= 15 is 0 Å². The van der Waals surface area contributed by atoms with Gasteiger partial charge in [0.25, 0.3) is 5.91 Å². The zero-order chi connectivity index (χ0) is 20.3. The lowest BCUT2D eigenvalue weighted by Gasteiger charge is -2.35. The van der Waals surface area contributed by atoms with E-state index in [9.17, 15) is 9.59 Å². The third kappa shape index (κ3) is 4.69. The fourth-order valence-corrected chi connectivity index (χ4v) is 4.07. The fourth-order valence-electron chi connectivity index (χ4n) is 3.11. The summed E-state index contributed by atoms with van der Waals surface area (Å²) in [6.45, 7) is 6.32. The number of thiazole rings is 1. The highest BCUT2D eigenvalue weighted by molar-refractivity contribution is 7.17. The molecule has 0 radical (unpaired) electrons. The van der Waals surface area contributed by atoms with E-state index in [1.54, 1.807) is 18.9 Å². The van der Waals surface area contributed by atoms with Crippen LogP contribution in [0.25, 0.3) is 10.6 Å². The third-order valence-corrected chi connectivity index (χ3v) is 5.60. The van der Waals surface area contributed by atoms with Crippen LogP contribution in [0, 0.1) is 6.92 Å². The summed E-state index contributed by atoms with van der Waals surface area (Å²) >= 11 is 1.25. The van der Waals surface area contributed by atoms with Crippen LogP contribution in [0.2, 0.25) is 0 Å². The van der Waals surface area contributed by atoms with E-state index in [-0.39, 0.29) is 24.7 Å². The van der Waals surface area contributed by atoms with E-state index in [1.165, 1.54) is 11.3 Å². The molecule has 0 aliphatic carbocycles. The van der Waals surface area contributed by atoms with Gasteiger partial charge >= 0.3 is 5.97 Å². The van der Waals surface area contributed by atoms with E-state index in [2.05, 4.69) is 4.98 Å². The summed E-state index contributed by atoms with van der Waals surface area (Å²) in [5.41, 5.74) is 1.47. The molecule has 0 unspecified atom stereocenters. The lowest BCUT2D eigenvalue weighted by atomic mass is 10.2. The van der Waals surface area contributed by atoms with Crippen molar-refractivity contribution in [1.29, 1.82) is 0 Å². The minimum atomic E-state index is -0.530. The Hall–Kier alpha value is -2.45. The van der Waals surface area contributed by atoms with E-state index in [0.717, 1.165) is 11.3 Å². The van der Waals surface area contributed by atoms with Gasteiger partial charge in [-0.25, -0.2) is 9.78 Å². The molecular formula is C20H24N2O5S. The molecule has 0 N–H and O–H groups in total. The van der Waals surface area contributed by atoms with Crippen molar-refractivity contribution in [2.75, 3.05) is 26.8 Å². The third-order valence-electron chi connectivity index (χ3n) is 4.42. The number of nitrogens with zero attached hydrogens (tertiary/aromatic N) is 2. The van der Waals surface area contributed by atoms with Crippen LogP contribution in [0.1, 0.15) is 29.2 Å². The van der Waals surface area contributed by atoms with Gasteiger partial charge in [0, 0.05) is 18.7 Å². The Morgan fingerprint density at radius 3 is 2.46 bits per heavy atom. The predicted octanol–water partition coefficient (Wildman–Crippen LogP) is 2.92.